The van der Waals surface area contributed by atoms with Crippen molar-refractivity contribution in [2.45, 2.75) is 40.0 Å². The van der Waals surface area contributed by atoms with E-state index in [4.69, 9.17) is 0 Å². The molecular weight excluding hydrogens is 368 g/mol. The summed E-state index contributed by atoms with van der Waals surface area (Å²) in [4.78, 5) is 12.5. The molecule has 2 aromatic heterocycles. The van der Waals surface area contributed by atoms with Gasteiger partial charge in [-0.3, -0.25) is 14.6 Å². The van der Waals surface area contributed by atoms with Gasteiger partial charge < -0.3 is 10.1 Å². The average Bonchev–Trinajstić information content (AvgIpc) is 3.28. The summed E-state index contributed by atoms with van der Waals surface area (Å²) in [5, 5.41) is 14.0. The number of nitrogens with one attached hydrogen (secondary N) is 2. The van der Waals surface area contributed by atoms with Crippen LogP contribution >= 0.6 is 0 Å². The third-order valence-electron chi connectivity index (χ3n) is 4.45. The van der Waals surface area contributed by atoms with Crippen LogP contribution < -0.4 is 10.1 Å². The molecule has 3 aromatic rings. The van der Waals surface area contributed by atoms with E-state index in [9.17, 15) is 13.6 Å². The lowest BCUT2D eigenvalue weighted by atomic mass is 10.1. The highest BCUT2D eigenvalue weighted by atomic mass is 19.3. The van der Waals surface area contributed by atoms with Crippen molar-refractivity contribution in [2.24, 2.45) is 0 Å². The highest BCUT2D eigenvalue weighted by Crippen LogP contribution is 2.23. The molecule has 0 aliphatic carbocycles. The predicted octanol–water partition coefficient (Wildman–Crippen LogP) is 3.69. The van der Waals surface area contributed by atoms with Crippen LogP contribution in [0.3, 0.4) is 0 Å². The second-order valence-corrected chi connectivity index (χ2v) is 6.27. The average molecular weight is 389 g/mol. The molecular formula is C19H21F2N5O2. The minimum absolute atomic E-state index is 0.0593. The lowest BCUT2D eigenvalue weighted by Gasteiger charge is -2.13. The van der Waals surface area contributed by atoms with Gasteiger partial charge in [0.25, 0.3) is 5.91 Å². The molecule has 2 heterocycles. The van der Waals surface area contributed by atoms with E-state index in [1.165, 1.54) is 12.1 Å². The summed E-state index contributed by atoms with van der Waals surface area (Å²) >= 11 is 0. The van der Waals surface area contributed by atoms with Crippen LogP contribution in [-0.2, 0) is 6.54 Å². The molecule has 0 aliphatic heterocycles. The lowest BCUT2D eigenvalue weighted by Crippen LogP contribution is -2.27. The molecule has 3 rings (SSSR count). The van der Waals surface area contributed by atoms with Crippen LogP contribution in [0.15, 0.2) is 36.5 Å². The van der Waals surface area contributed by atoms with Crippen molar-refractivity contribution in [1.82, 2.24) is 25.3 Å². The van der Waals surface area contributed by atoms with Crippen LogP contribution in [0, 0.1) is 6.92 Å². The van der Waals surface area contributed by atoms with Gasteiger partial charge in [-0.05, 0) is 51.1 Å². The third kappa shape index (κ3) is 4.19. The molecule has 148 valence electrons. The number of hydrogen-bond acceptors (Lipinski definition) is 4. The monoisotopic (exact) mass is 389 g/mol. The number of halogens is 2. The second-order valence-electron chi connectivity index (χ2n) is 6.27. The van der Waals surface area contributed by atoms with Crippen LogP contribution in [0.2, 0.25) is 0 Å². The van der Waals surface area contributed by atoms with E-state index in [1.807, 2.05) is 25.5 Å². The van der Waals surface area contributed by atoms with Gasteiger partial charge in [0.2, 0.25) is 0 Å². The van der Waals surface area contributed by atoms with Crippen LogP contribution in [0.1, 0.15) is 41.6 Å². The van der Waals surface area contributed by atoms with Gasteiger partial charge in [0.05, 0.1) is 17.9 Å². The molecule has 0 fully saturated rings. The van der Waals surface area contributed by atoms with Crippen molar-refractivity contribution in [3.63, 3.8) is 0 Å². The lowest BCUT2D eigenvalue weighted by molar-refractivity contribution is -0.0498. The number of H-pyrrole nitrogens is 1. The number of aromatic nitrogens is 4. The van der Waals surface area contributed by atoms with E-state index in [0.29, 0.717) is 17.0 Å². The Morgan fingerprint density at radius 3 is 2.64 bits per heavy atom. The maximum Gasteiger partial charge on any atom is 0.387 e. The number of ether oxygens (including phenoxy) is 1. The van der Waals surface area contributed by atoms with Gasteiger partial charge in [-0.2, -0.15) is 19.0 Å². The van der Waals surface area contributed by atoms with Crippen LogP contribution in [0.4, 0.5) is 8.78 Å². The Morgan fingerprint density at radius 2 is 2.04 bits per heavy atom. The molecule has 0 radical (unpaired) electrons. The van der Waals surface area contributed by atoms with Crippen molar-refractivity contribution >= 4 is 5.91 Å². The quantitative estimate of drug-likeness (QED) is 0.645. The number of carbonyl (C=O) groups excluding carboxylic acids is 1. The number of nitrogens with zero attached hydrogens (tertiary/aromatic N) is 3. The highest BCUT2D eigenvalue weighted by Gasteiger charge is 2.18. The van der Waals surface area contributed by atoms with E-state index in [2.05, 4.69) is 25.3 Å². The van der Waals surface area contributed by atoms with Gasteiger partial charge in [-0.1, -0.05) is 0 Å². The Kier molecular flexibility index (Phi) is 5.72. The van der Waals surface area contributed by atoms with Crippen molar-refractivity contribution in [3.8, 4) is 17.0 Å². The third-order valence-corrected chi connectivity index (χ3v) is 4.45. The molecule has 0 aliphatic rings. The fraction of sp³-hybridized carbons (Fsp3) is 0.316. The molecule has 0 spiro atoms. The molecule has 1 amide bonds. The van der Waals surface area contributed by atoms with Gasteiger partial charge in [-0.25, -0.2) is 0 Å². The molecule has 0 bridgehead atoms. The summed E-state index contributed by atoms with van der Waals surface area (Å²) in [6.45, 7) is 3.75. The Labute approximate surface area is 160 Å². The largest absolute Gasteiger partial charge is 0.435 e. The smallest absolute Gasteiger partial charge is 0.387 e. The first-order valence-corrected chi connectivity index (χ1v) is 8.82. The number of aromatic amines is 1. The first-order chi connectivity index (χ1) is 13.4. The van der Waals surface area contributed by atoms with E-state index >= 15 is 0 Å². The first-order valence-electron chi connectivity index (χ1n) is 8.82. The van der Waals surface area contributed by atoms with E-state index in [1.54, 1.807) is 24.4 Å². The van der Waals surface area contributed by atoms with E-state index < -0.39 is 6.61 Å². The fourth-order valence-corrected chi connectivity index (χ4v) is 2.95. The zero-order chi connectivity index (χ0) is 20.3. The van der Waals surface area contributed by atoms with Crippen LogP contribution in [0.25, 0.3) is 11.3 Å². The number of amides is 1. The standard InChI is InChI=1S/C19H21F2N5O2/c1-4-26-12(3)15(10-22-26)11(2)23-18(27)17-9-16(24-25-17)13-5-7-14(8-6-13)28-19(20)21/h5-11,19H,4H2,1-3H3,(H,23,27)(H,24,25). The van der Waals surface area contributed by atoms with Crippen LogP contribution in [-0.4, -0.2) is 32.5 Å². The maximum absolute atomic E-state index is 12.5. The molecule has 28 heavy (non-hydrogen) atoms. The zero-order valence-electron chi connectivity index (χ0n) is 15.7. The number of carbonyl (C=O) groups is 1. The van der Waals surface area contributed by atoms with E-state index in [0.717, 1.165) is 17.8 Å². The number of rotatable bonds is 7. The van der Waals surface area contributed by atoms with Gasteiger partial charge in [0.1, 0.15) is 11.4 Å². The minimum atomic E-state index is -2.87. The second kappa shape index (κ2) is 8.20. The summed E-state index contributed by atoms with van der Waals surface area (Å²) in [6.07, 6.45) is 1.76. The molecule has 7 nitrogen and oxygen atoms in total. The van der Waals surface area contributed by atoms with Crippen molar-refractivity contribution in [1.29, 1.82) is 0 Å². The topological polar surface area (TPSA) is 84.8 Å². The van der Waals surface area contributed by atoms with Crippen molar-refractivity contribution in [2.75, 3.05) is 0 Å². The Balaban J connectivity index is 1.69. The Bertz CT molecular complexity index is 950. The Morgan fingerprint density at radius 1 is 1.32 bits per heavy atom. The first kappa shape index (κ1) is 19.5. The van der Waals surface area contributed by atoms with Crippen LogP contribution in [0.5, 0.6) is 5.75 Å². The maximum atomic E-state index is 12.5. The molecule has 1 aromatic carbocycles. The molecule has 2 N–H and O–H groups in total. The number of hydrogen-bond donors (Lipinski definition) is 2. The highest BCUT2D eigenvalue weighted by molar-refractivity contribution is 5.93. The SMILES string of the molecule is CCn1ncc(C(C)NC(=O)c2cc(-c3ccc(OC(F)F)cc3)n[nH]2)c1C. The van der Waals surface area contributed by atoms with Gasteiger partial charge in [0.15, 0.2) is 0 Å². The fourth-order valence-electron chi connectivity index (χ4n) is 2.95. The summed E-state index contributed by atoms with van der Waals surface area (Å²) in [5.41, 5.74) is 3.45. The molecule has 0 saturated heterocycles. The number of benzene rings is 1. The Hall–Kier alpha value is -3.23. The molecule has 1 atom stereocenters. The molecule has 1 unspecified atom stereocenters. The van der Waals surface area contributed by atoms with Gasteiger partial charge in [-0.15, -0.1) is 0 Å². The zero-order valence-corrected chi connectivity index (χ0v) is 15.7. The predicted molar refractivity (Wildman–Crippen MR) is 99.2 cm³/mol. The van der Waals surface area contributed by atoms with Gasteiger partial charge >= 0.3 is 6.61 Å². The summed E-state index contributed by atoms with van der Waals surface area (Å²) < 4.78 is 30.6. The van der Waals surface area contributed by atoms with Gasteiger partial charge in [0, 0.05) is 23.4 Å². The van der Waals surface area contributed by atoms with Crippen molar-refractivity contribution in [3.05, 3.63) is 53.5 Å². The molecule has 0 saturated carbocycles. The minimum Gasteiger partial charge on any atom is -0.435 e. The summed E-state index contributed by atoms with van der Waals surface area (Å²) in [5.74, 6) is -0.239. The summed E-state index contributed by atoms with van der Waals surface area (Å²) in [6, 6.07) is 7.43. The summed E-state index contributed by atoms with van der Waals surface area (Å²) in [7, 11) is 0. The molecule has 9 heteroatoms. The van der Waals surface area contributed by atoms with E-state index in [-0.39, 0.29) is 17.7 Å². The normalized spacial score (nSPS) is 12.2. The van der Waals surface area contributed by atoms with Crippen molar-refractivity contribution < 1.29 is 18.3 Å². The number of aryl methyl sites for hydroxylation is 1. The number of alkyl halides is 2.